The molecule has 3 rings (SSSR count). The molecular weight excluding hydrogens is 422 g/mol. The molecule has 154 valence electrons. The van der Waals surface area contributed by atoms with Gasteiger partial charge in [0.2, 0.25) is 5.91 Å². The Kier molecular flexibility index (Phi) is 6.86. The Balaban J connectivity index is 1.52. The Hall–Kier alpha value is -3.17. The van der Waals surface area contributed by atoms with Crippen molar-refractivity contribution in [1.29, 1.82) is 0 Å². The molecule has 0 aromatic heterocycles. The highest BCUT2D eigenvalue weighted by atomic mass is 32.2. The van der Waals surface area contributed by atoms with Crippen molar-refractivity contribution < 1.29 is 19.5 Å². The zero-order valence-corrected chi connectivity index (χ0v) is 17.7. The fourth-order valence-electron chi connectivity index (χ4n) is 2.64. The fraction of sp³-hybridized carbons (Fsp3) is 0.143. The first kappa shape index (κ1) is 21.5. The largest absolute Gasteiger partial charge is 0.507 e. The number of thioether (sulfide) groups is 1. The fourth-order valence-corrected chi connectivity index (χ4v) is 3.95. The SMILES string of the molecule is Cc1ccc(/C=C2/SC(=S)N(CCC(=O)NNC(=O)c3ccccc3O)C2=O)cc1. The van der Waals surface area contributed by atoms with Gasteiger partial charge in [-0.05, 0) is 30.7 Å². The zero-order valence-electron chi connectivity index (χ0n) is 16.0. The van der Waals surface area contributed by atoms with Crippen LogP contribution in [0.2, 0.25) is 0 Å². The van der Waals surface area contributed by atoms with Crippen LogP contribution in [0, 0.1) is 6.92 Å². The third kappa shape index (κ3) is 5.25. The van der Waals surface area contributed by atoms with E-state index in [4.69, 9.17) is 12.2 Å². The van der Waals surface area contributed by atoms with Crippen LogP contribution in [0.5, 0.6) is 5.75 Å². The average molecular weight is 442 g/mol. The summed E-state index contributed by atoms with van der Waals surface area (Å²) >= 11 is 6.46. The van der Waals surface area contributed by atoms with Gasteiger partial charge in [-0.2, -0.15) is 0 Å². The number of hydrogen-bond donors (Lipinski definition) is 3. The first-order valence-corrected chi connectivity index (χ1v) is 10.3. The highest BCUT2D eigenvalue weighted by molar-refractivity contribution is 8.26. The van der Waals surface area contributed by atoms with E-state index in [-0.39, 0.29) is 30.2 Å². The molecule has 0 radical (unpaired) electrons. The number of phenols is 1. The second-order valence-corrected chi connectivity index (χ2v) is 8.19. The molecule has 1 fully saturated rings. The van der Waals surface area contributed by atoms with Gasteiger partial charge in [-0.15, -0.1) is 0 Å². The number of benzene rings is 2. The van der Waals surface area contributed by atoms with Crippen molar-refractivity contribution in [3.05, 3.63) is 70.1 Å². The maximum atomic E-state index is 12.6. The summed E-state index contributed by atoms with van der Waals surface area (Å²) in [4.78, 5) is 38.5. The number of hydrogen-bond acceptors (Lipinski definition) is 6. The topological polar surface area (TPSA) is 98.7 Å². The molecule has 2 aromatic rings. The molecule has 1 heterocycles. The molecule has 0 atom stereocenters. The number of rotatable bonds is 5. The molecule has 2 aromatic carbocycles. The van der Waals surface area contributed by atoms with Gasteiger partial charge in [0.05, 0.1) is 10.5 Å². The molecule has 0 aliphatic carbocycles. The maximum Gasteiger partial charge on any atom is 0.273 e. The molecule has 0 saturated carbocycles. The van der Waals surface area contributed by atoms with Crippen LogP contribution in [0.1, 0.15) is 27.9 Å². The van der Waals surface area contributed by atoms with E-state index in [1.165, 1.54) is 28.8 Å². The number of carbonyl (C=O) groups is 3. The summed E-state index contributed by atoms with van der Waals surface area (Å²) in [5.41, 5.74) is 6.56. The molecule has 0 bridgehead atoms. The van der Waals surface area contributed by atoms with Crippen LogP contribution in [-0.2, 0) is 9.59 Å². The third-order valence-electron chi connectivity index (χ3n) is 4.28. The van der Waals surface area contributed by atoms with Crippen LogP contribution in [0.25, 0.3) is 6.08 Å². The second-order valence-electron chi connectivity index (χ2n) is 6.51. The molecule has 3 amide bonds. The summed E-state index contributed by atoms with van der Waals surface area (Å²) in [7, 11) is 0. The molecule has 3 N–H and O–H groups in total. The molecule has 1 saturated heterocycles. The number of nitrogens with zero attached hydrogens (tertiary/aromatic N) is 1. The van der Waals surface area contributed by atoms with E-state index in [1.54, 1.807) is 18.2 Å². The van der Waals surface area contributed by atoms with Gasteiger partial charge in [-0.1, -0.05) is 65.9 Å². The van der Waals surface area contributed by atoms with E-state index in [0.29, 0.717) is 9.23 Å². The van der Waals surface area contributed by atoms with E-state index in [0.717, 1.165) is 11.1 Å². The van der Waals surface area contributed by atoms with E-state index in [2.05, 4.69) is 10.9 Å². The Labute approximate surface area is 183 Å². The van der Waals surface area contributed by atoms with Crippen molar-refractivity contribution in [2.45, 2.75) is 13.3 Å². The van der Waals surface area contributed by atoms with Crippen molar-refractivity contribution in [2.24, 2.45) is 0 Å². The summed E-state index contributed by atoms with van der Waals surface area (Å²) in [5.74, 6) is -1.58. The smallest absolute Gasteiger partial charge is 0.273 e. The predicted octanol–water partition coefficient (Wildman–Crippen LogP) is 2.75. The average Bonchev–Trinajstić information content (AvgIpc) is 2.99. The van der Waals surface area contributed by atoms with Gasteiger partial charge >= 0.3 is 0 Å². The van der Waals surface area contributed by atoms with Gasteiger partial charge in [0, 0.05) is 13.0 Å². The van der Waals surface area contributed by atoms with Gasteiger partial charge in [-0.25, -0.2) is 0 Å². The van der Waals surface area contributed by atoms with Crippen molar-refractivity contribution in [3.8, 4) is 5.75 Å². The van der Waals surface area contributed by atoms with Gasteiger partial charge in [0.1, 0.15) is 10.1 Å². The number of amides is 3. The molecule has 9 heteroatoms. The summed E-state index contributed by atoms with van der Waals surface area (Å²) in [6.45, 7) is 2.08. The lowest BCUT2D eigenvalue weighted by Crippen LogP contribution is -2.43. The van der Waals surface area contributed by atoms with E-state index < -0.39 is 11.8 Å². The van der Waals surface area contributed by atoms with Gasteiger partial charge in [-0.3, -0.25) is 30.1 Å². The molecule has 1 aliphatic heterocycles. The maximum absolute atomic E-state index is 12.6. The molecule has 1 aliphatic rings. The van der Waals surface area contributed by atoms with Crippen LogP contribution in [0.4, 0.5) is 0 Å². The summed E-state index contributed by atoms with van der Waals surface area (Å²) in [6, 6.07) is 13.7. The van der Waals surface area contributed by atoms with Crippen LogP contribution in [0.15, 0.2) is 53.4 Å². The van der Waals surface area contributed by atoms with Crippen LogP contribution < -0.4 is 10.9 Å². The first-order valence-electron chi connectivity index (χ1n) is 9.04. The lowest BCUT2D eigenvalue weighted by molar-refractivity contribution is -0.124. The number of thiocarbonyl (C=S) groups is 1. The Bertz CT molecular complexity index is 1030. The second kappa shape index (κ2) is 9.55. The van der Waals surface area contributed by atoms with E-state index in [1.807, 2.05) is 31.2 Å². The highest BCUT2D eigenvalue weighted by Gasteiger charge is 2.32. The van der Waals surface area contributed by atoms with Crippen molar-refractivity contribution in [2.75, 3.05) is 6.54 Å². The van der Waals surface area contributed by atoms with Crippen LogP contribution in [-0.4, -0.2) is 38.6 Å². The lowest BCUT2D eigenvalue weighted by atomic mass is 10.1. The number of carbonyl (C=O) groups excluding carboxylic acids is 3. The van der Waals surface area contributed by atoms with Crippen molar-refractivity contribution >= 4 is 52.1 Å². The number of hydrazine groups is 1. The number of para-hydroxylation sites is 1. The van der Waals surface area contributed by atoms with Gasteiger partial charge in [0.25, 0.3) is 11.8 Å². The Morgan fingerprint density at radius 2 is 1.83 bits per heavy atom. The molecule has 7 nitrogen and oxygen atoms in total. The first-order chi connectivity index (χ1) is 14.3. The summed E-state index contributed by atoms with van der Waals surface area (Å²) in [6.07, 6.45) is 1.72. The summed E-state index contributed by atoms with van der Waals surface area (Å²) in [5, 5.41) is 9.66. The molecule has 30 heavy (non-hydrogen) atoms. The highest BCUT2D eigenvalue weighted by Crippen LogP contribution is 2.32. The van der Waals surface area contributed by atoms with Gasteiger partial charge in [0.15, 0.2) is 0 Å². The minimum atomic E-state index is -0.645. The predicted molar refractivity (Wildman–Crippen MR) is 119 cm³/mol. The Morgan fingerprint density at radius 1 is 1.13 bits per heavy atom. The lowest BCUT2D eigenvalue weighted by Gasteiger charge is -2.14. The number of aromatic hydroxyl groups is 1. The molecular formula is C21H19N3O4S2. The third-order valence-corrected chi connectivity index (χ3v) is 5.65. The van der Waals surface area contributed by atoms with Crippen LogP contribution in [0.3, 0.4) is 0 Å². The van der Waals surface area contributed by atoms with E-state index >= 15 is 0 Å². The Morgan fingerprint density at radius 3 is 2.53 bits per heavy atom. The number of nitrogens with one attached hydrogen (secondary N) is 2. The zero-order chi connectivity index (χ0) is 21.7. The quantitative estimate of drug-likeness (QED) is 0.375. The van der Waals surface area contributed by atoms with Crippen molar-refractivity contribution in [1.82, 2.24) is 15.8 Å². The monoisotopic (exact) mass is 441 g/mol. The molecule has 0 unspecified atom stereocenters. The van der Waals surface area contributed by atoms with E-state index in [9.17, 15) is 19.5 Å². The minimum Gasteiger partial charge on any atom is -0.507 e. The molecule has 0 spiro atoms. The van der Waals surface area contributed by atoms with Crippen molar-refractivity contribution in [3.63, 3.8) is 0 Å². The minimum absolute atomic E-state index is 0.0379. The number of aryl methyl sites for hydroxylation is 1. The standard InChI is InChI=1S/C21H19N3O4S2/c1-13-6-8-14(9-7-13)12-17-20(28)24(21(29)30-17)11-10-18(26)22-23-19(27)15-4-2-3-5-16(15)25/h2-9,12,25H,10-11H2,1H3,(H,22,26)(H,23,27)/b17-12+. The van der Waals surface area contributed by atoms with Gasteiger partial charge < -0.3 is 5.11 Å². The summed E-state index contributed by atoms with van der Waals surface area (Å²) < 4.78 is 0.379. The van der Waals surface area contributed by atoms with Crippen LogP contribution >= 0.6 is 24.0 Å². The normalized spacial score (nSPS) is 14.8. The number of phenolic OH excluding ortho intramolecular Hbond substituents is 1.